The van der Waals surface area contributed by atoms with Gasteiger partial charge in [-0.05, 0) is 69.0 Å². The van der Waals surface area contributed by atoms with E-state index in [1.165, 1.54) is 22.7 Å². The number of rotatable bonds is 4. The number of hydrogen-bond donors (Lipinski definition) is 1. The molecule has 0 fully saturated rings. The summed E-state index contributed by atoms with van der Waals surface area (Å²) in [5.74, 6) is -0.278. The smallest absolute Gasteiger partial charge is 0.264 e. The van der Waals surface area contributed by atoms with Gasteiger partial charge < -0.3 is 5.32 Å². The summed E-state index contributed by atoms with van der Waals surface area (Å²) in [4.78, 5) is 30.0. The van der Waals surface area contributed by atoms with Gasteiger partial charge in [0.05, 0.1) is 11.9 Å². The van der Waals surface area contributed by atoms with Crippen LogP contribution in [0.25, 0.3) is 16.7 Å². The Kier molecular flexibility index (Phi) is 5.19. The lowest BCUT2D eigenvalue weighted by molar-refractivity contribution is -0.116. The fourth-order valence-electron chi connectivity index (χ4n) is 3.82. The van der Waals surface area contributed by atoms with Crippen molar-refractivity contribution >= 4 is 22.6 Å². The average molecular weight is 415 g/mol. The number of amides is 1. The molecule has 7 nitrogen and oxygen atoms in total. The number of nitrogens with zero attached hydrogens (tertiary/aromatic N) is 4. The molecule has 0 radical (unpaired) electrons. The lowest BCUT2D eigenvalue weighted by Crippen LogP contribution is -2.28. The predicted octanol–water partition coefficient (Wildman–Crippen LogP) is 3.76. The van der Waals surface area contributed by atoms with Gasteiger partial charge in [-0.1, -0.05) is 23.8 Å². The maximum atomic E-state index is 13.0. The lowest BCUT2D eigenvalue weighted by Gasteiger charge is -2.13. The average Bonchev–Trinajstić information content (AvgIpc) is 3.14. The van der Waals surface area contributed by atoms with Gasteiger partial charge in [0.1, 0.15) is 18.3 Å². The summed E-state index contributed by atoms with van der Waals surface area (Å²) in [6.45, 7) is 9.88. The van der Waals surface area contributed by atoms with Crippen LogP contribution in [-0.4, -0.2) is 25.2 Å². The Labute approximate surface area is 180 Å². The number of fused-ring (bicyclic) bond motifs is 1. The molecular weight excluding hydrogens is 390 g/mol. The molecule has 2 heterocycles. The first-order valence-electron chi connectivity index (χ1n) is 10.1. The third-order valence-electron chi connectivity index (χ3n) is 5.54. The summed E-state index contributed by atoms with van der Waals surface area (Å²) in [6, 6.07) is 10.0. The van der Waals surface area contributed by atoms with E-state index in [0.717, 1.165) is 33.6 Å². The van der Waals surface area contributed by atoms with Crippen LogP contribution in [0.3, 0.4) is 0 Å². The van der Waals surface area contributed by atoms with Crippen molar-refractivity contribution < 1.29 is 4.79 Å². The number of carbonyl (C=O) groups excluding carboxylic acids is 1. The maximum Gasteiger partial charge on any atom is 0.264 e. The molecule has 0 aliphatic heterocycles. The number of nitrogens with one attached hydrogen (secondary N) is 1. The molecule has 0 unspecified atom stereocenters. The summed E-state index contributed by atoms with van der Waals surface area (Å²) in [5.41, 5.74) is 7.21. The molecule has 0 spiro atoms. The van der Waals surface area contributed by atoms with Crippen LogP contribution < -0.4 is 10.9 Å². The predicted molar refractivity (Wildman–Crippen MR) is 122 cm³/mol. The van der Waals surface area contributed by atoms with Gasteiger partial charge in [0, 0.05) is 5.69 Å². The number of carbonyl (C=O) groups is 1. The zero-order chi connectivity index (χ0) is 22.3. The minimum absolute atomic E-state index is 0.122. The van der Waals surface area contributed by atoms with E-state index >= 15 is 0 Å². The second-order valence-electron chi connectivity index (χ2n) is 8.06. The first-order chi connectivity index (χ1) is 14.7. The number of hydrogen-bond acceptors (Lipinski definition) is 4. The molecule has 2 aromatic heterocycles. The Morgan fingerprint density at radius 1 is 0.968 bits per heavy atom. The molecule has 1 amide bonds. The van der Waals surface area contributed by atoms with Crippen LogP contribution in [0.4, 0.5) is 5.69 Å². The zero-order valence-electron chi connectivity index (χ0n) is 18.4. The molecule has 0 aliphatic rings. The Morgan fingerprint density at radius 2 is 1.68 bits per heavy atom. The molecule has 0 aliphatic carbocycles. The van der Waals surface area contributed by atoms with Crippen LogP contribution in [-0.2, 0) is 11.3 Å². The minimum atomic E-state index is -0.299. The van der Waals surface area contributed by atoms with Crippen LogP contribution in [0.1, 0.15) is 27.8 Å². The quantitative estimate of drug-likeness (QED) is 0.550. The van der Waals surface area contributed by atoms with Gasteiger partial charge in [-0.3, -0.25) is 14.2 Å². The van der Waals surface area contributed by atoms with Crippen molar-refractivity contribution in [3.63, 3.8) is 0 Å². The largest absolute Gasteiger partial charge is 0.324 e. The van der Waals surface area contributed by atoms with Gasteiger partial charge in [-0.25, -0.2) is 9.67 Å². The number of aromatic nitrogens is 4. The van der Waals surface area contributed by atoms with E-state index in [-0.39, 0.29) is 18.0 Å². The molecule has 2 aromatic carbocycles. The van der Waals surface area contributed by atoms with Crippen LogP contribution in [0.2, 0.25) is 0 Å². The monoisotopic (exact) mass is 415 g/mol. The third-order valence-corrected chi connectivity index (χ3v) is 5.54. The molecule has 0 atom stereocenters. The topological polar surface area (TPSA) is 81.8 Å². The first kappa shape index (κ1) is 20.5. The van der Waals surface area contributed by atoms with Crippen molar-refractivity contribution in [3.05, 3.63) is 81.0 Å². The highest BCUT2D eigenvalue weighted by atomic mass is 16.2. The van der Waals surface area contributed by atoms with E-state index in [4.69, 9.17) is 0 Å². The summed E-state index contributed by atoms with van der Waals surface area (Å²) < 4.78 is 2.95. The summed E-state index contributed by atoms with van der Waals surface area (Å²) >= 11 is 0. The van der Waals surface area contributed by atoms with Crippen molar-refractivity contribution in [2.24, 2.45) is 0 Å². The van der Waals surface area contributed by atoms with Crippen molar-refractivity contribution in [1.29, 1.82) is 0 Å². The first-order valence-corrected chi connectivity index (χ1v) is 10.1. The maximum absolute atomic E-state index is 13.0. The molecule has 4 rings (SSSR count). The van der Waals surface area contributed by atoms with E-state index in [1.807, 2.05) is 65.0 Å². The highest BCUT2D eigenvalue weighted by Gasteiger charge is 2.15. The Balaban J connectivity index is 1.63. The van der Waals surface area contributed by atoms with Crippen LogP contribution in [0.15, 0.2) is 47.7 Å². The molecule has 0 saturated heterocycles. The lowest BCUT2D eigenvalue weighted by atomic mass is 10.1. The highest BCUT2D eigenvalue weighted by Crippen LogP contribution is 2.22. The molecule has 31 heavy (non-hydrogen) atoms. The Hall–Kier alpha value is -3.74. The van der Waals surface area contributed by atoms with Gasteiger partial charge in [0.2, 0.25) is 5.91 Å². The minimum Gasteiger partial charge on any atom is -0.324 e. The summed E-state index contributed by atoms with van der Waals surface area (Å²) in [5, 5.41) is 7.65. The summed E-state index contributed by atoms with van der Waals surface area (Å²) in [6.07, 6.45) is 2.90. The second kappa shape index (κ2) is 7.83. The van der Waals surface area contributed by atoms with Crippen molar-refractivity contribution in [2.75, 3.05) is 5.32 Å². The summed E-state index contributed by atoms with van der Waals surface area (Å²) in [7, 11) is 0. The van der Waals surface area contributed by atoms with E-state index in [9.17, 15) is 9.59 Å². The van der Waals surface area contributed by atoms with Gasteiger partial charge in [-0.15, -0.1) is 0 Å². The number of benzene rings is 2. The Bertz CT molecular complexity index is 1360. The van der Waals surface area contributed by atoms with Gasteiger partial charge in [-0.2, -0.15) is 5.10 Å². The van der Waals surface area contributed by atoms with Gasteiger partial charge in [0.25, 0.3) is 5.56 Å². The fourth-order valence-corrected chi connectivity index (χ4v) is 3.82. The van der Waals surface area contributed by atoms with Crippen molar-refractivity contribution in [2.45, 2.75) is 41.2 Å². The normalized spacial score (nSPS) is 11.1. The Morgan fingerprint density at radius 3 is 2.35 bits per heavy atom. The van der Waals surface area contributed by atoms with Gasteiger partial charge in [0.15, 0.2) is 5.65 Å². The molecule has 0 saturated carbocycles. The zero-order valence-corrected chi connectivity index (χ0v) is 18.4. The molecule has 1 N–H and O–H groups in total. The van der Waals surface area contributed by atoms with Crippen LogP contribution >= 0.6 is 0 Å². The molecule has 7 heteroatoms. The van der Waals surface area contributed by atoms with E-state index in [0.29, 0.717) is 11.0 Å². The molecular formula is C24H25N5O2. The van der Waals surface area contributed by atoms with Gasteiger partial charge >= 0.3 is 0 Å². The van der Waals surface area contributed by atoms with E-state index < -0.39 is 0 Å². The standard InChI is InChI=1S/C24H25N5O2/c1-14-8-17(4)22(18(5)9-14)27-21(30)12-28-13-25-23-20(24(28)31)11-26-29(23)19-7-6-15(2)16(3)10-19/h6-11,13H,12H2,1-5H3,(H,27,30). The van der Waals surface area contributed by atoms with E-state index in [1.54, 1.807) is 4.68 Å². The highest BCUT2D eigenvalue weighted by molar-refractivity contribution is 5.92. The van der Waals surface area contributed by atoms with Crippen molar-refractivity contribution in [1.82, 2.24) is 19.3 Å². The molecule has 158 valence electrons. The SMILES string of the molecule is Cc1cc(C)c(NC(=O)Cn2cnc3c(cnn3-c3ccc(C)c(C)c3)c2=O)c(C)c1. The van der Waals surface area contributed by atoms with Crippen LogP contribution in [0, 0.1) is 34.6 Å². The van der Waals surface area contributed by atoms with Crippen LogP contribution in [0.5, 0.6) is 0 Å². The van der Waals surface area contributed by atoms with E-state index in [2.05, 4.69) is 15.4 Å². The molecule has 4 aromatic rings. The third kappa shape index (κ3) is 3.86. The fraction of sp³-hybridized carbons (Fsp3) is 0.250. The number of anilines is 1. The van der Waals surface area contributed by atoms with Crippen molar-refractivity contribution in [3.8, 4) is 5.69 Å². The number of aryl methyl sites for hydroxylation is 5. The molecule has 0 bridgehead atoms. The second-order valence-corrected chi connectivity index (χ2v) is 8.06.